The van der Waals surface area contributed by atoms with Crippen LogP contribution < -0.4 is 5.32 Å². The first kappa shape index (κ1) is 14.2. The fourth-order valence-corrected chi connectivity index (χ4v) is 2.32. The molecule has 19 heavy (non-hydrogen) atoms. The number of amides is 1. The second-order valence-corrected chi connectivity index (χ2v) is 5.13. The fraction of sp³-hybridized carbons (Fsp3) is 0.615. The first-order chi connectivity index (χ1) is 8.75. The van der Waals surface area contributed by atoms with Crippen LogP contribution in [0.5, 0.6) is 0 Å². The molecule has 1 aliphatic heterocycles. The summed E-state index contributed by atoms with van der Waals surface area (Å²) in [5.74, 6) is 1.36. The highest BCUT2D eigenvalue weighted by Crippen LogP contribution is 2.37. The molecule has 0 bridgehead atoms. The molecule has 0 radical (unpaired) electrons. The second-order valence-electron chi connectivity index (χ2n) is 5.13. The number of hydrogen-bond donors (Lipinski definition) is 1. The van der Waals surface area contributed by atoms with Crippen LogP contribution in [-0.4, -0.2) is 46.5 Å². The first-order valence-corrected chi connectivity index (χ1v) is 6.60. The Morgan fingerprint density at radius 1 is 1.47 bits per heavy atom. The first-order valence-electron chi connectivity index (χ1n) is 6.60. The van der Waals surface area contributed by atoms with Crippen molar-refractivity contribution in [3.63, 3.8) is 0 Å². The molecule has 104 valence electrons. The summed E-state index contributed by atoms with van der Waals surface area (Å²) in [6.07, 6.45) is 4.02. The van der Waals surface area contributed by atoms with E-state index in [1.165, 1.54) is 0 Å². The highest BCUT2D eigenvalue weighted by Gasteiger charge is 2.29. The molecule has 1 aromatic heterocycles. The number of aromatic nitrogens is 2. The minimum absolute atomic E-state index is 0. The summed E-state index contributed by atoms with van der Waals surface area (Å²) in [7, 11) is 0. The highest BCUT2D eigenvalue weighted by molar-refractivity contribution is 5.92. The average molecular weight is 283 g/mol. The Morgan fingerprint density at radius 2 is 2.26 bits per heavy atom. The van der Waals surface area contributed by atoms with Gasteiger partial charge < -0.3 is 10.2 Å². The van der Waals surface area contributed by atoms with Crippen molar-refractivity contribution in [3.05, 3.63) is 23.8 Å². The Kier molecular flexibility index (Phi) is 4.37. The van der Waals surface area contributed by atoms with Gasteiger partial charge in [-0.25, -0.2) is 9.97 Å². The van der Waals surface area contributed by atoms with Gasteiger partial charge in [-0.05, 0) is 25.8 Å². The van der Waals surface area contributed by atoms with Crippen molar-refractivity contribution in [1.29, 1.82) is 0 Å². The lowest BCUT2D eigenvalue weighted by Crippen LogP contribution is -2.52. The van der Waals surface area contributed by atoms with Gasteiger partial charge in [0.25, 0.3) is 5.91 Å². The molecule has 1 saturated carbocycles. The van der Waals surface area contributed by atoms with Gasteiger partial charge >= 0.3 is 0 Å². The van der Waals surface area contributed by atoms with Gasteiger partial charge in [0, 0.05) is 37.8 Å². The molecule has 1 N–H and O–H groups in total. The van der Waals surface area contributed by atoms with Crippen LogP contribution in [0.4, 0.5) is 0 Å². The fourth-order valence-electron chi connectivity index (χ4n) is 2.32. The molecule has 3 rings (SSSR count). The normalized spacial score (nSPS) is 22.8. The molecular formula is C13H19ClN4O. The Morgan fingerprint density at radius 3 is 2.95 bits per heavy atom. The number of halogens is 1. The van der Waals surface area contributed by atoms with Gasteiger partial charge in [-0.3, -0.25) is 4.79 Å². The summed E-state index contributed by atoms with van der Waals surface area (Å²) < 4.78 is 0. The van der Waals surface area contributed by atoms with Gasteiger partial charge in [0.1, 0.15) is 11.5 Å². The van der Waals surface area contributed by atoms with Gasteiger partial charge in [-0.2, -0.15) is 0 Å². The lowest BCUT2D eigenvalue weighted by atomic mass is 10.2. The van der Waals surface area contributed by atoms with Crippen molar-refractivity contribution in [2.24, 2.45) is 0 Å². The Bertz CT molecular complexity index is 464. The molecule has 5 nitrogen and oxygen atoms in total. The standard InChI is InChI=1S/C13H18N4O.ClH/c1-9-8-14-6-7-17(9)13(18)11-4-5-15-12(16-11)10-2-3-10;/h4-5,9-10,14H,2-3,6-8H2,1H3;1H. The van der Waals surface area contributed by atoms with Crippen molar-refractivity contribution in [3.8, 4) is 0 Å². The van der Waals surface area contributed by atoms with Gasteiger partial charge in [-0.1, -0.05) is 0 Å². The number of piperazine rings is 1. The van der Waals surface area contributed by atoms with Crippen LogP contribution in [0, 0.1) is 0 Å². The summed E-state index contributed by atoms with van der Waals surface area (Å²) in [6.45, 7) is 4.53. The number of carbonyl (C=O) groups is 1. The summed E-state index contributed by atoms with van der Waals surface area (Å²) in [6, 6.07) is 1.95. The lowest BCUT2D eigenvalue weighted by molar-refractivity contribution is 0.0649. The Labute approximate surface area is 119 Å². The summed E-state index contributed by atoms with van der Waals surface area (Å²) in [5, 5.41) is 3.28. The van der Waals surface area contributed by atoms with Crippen LogP contribution in [0.1, 0.15) is 42.0 Å². The van der Waals surface area contributed by atoms with Crippen molar-refractivity contribution < 1.29 is 4.79 Å². The molecule has 2 aliphatic rings. The molecular weight excluding hydrogens is 264 g/mol. The van der Waals surface area contributed by atoms with E-state index in [1.54, 1.807) is 12.3 Å². The minimum Gasteiger partial charge on any atom is -0.332 e. The number of carbonyl (C=O) groups excluding carboxylic acids is 1. The van der Waals surface area contributed by atoms with E-state index in [0.717, 1.165) is 38.3 Å². The van der Waals surface area contributed by atoms with Crippen LogP contribution in [0.3, 0.4) is 0 Å². The molecule has 0 spiro atoms. The number of rotatable bonds is 2. The third-order valence-electron chi connectivity index (χ3n) is 3.60. The van der Waals surface area contributed by atoms with E-state index in [-0.39, 0.29) is 24.4 Å². The van der Waals surface area contributed by atoms with Crippen molar-refractivity contribution >= 4 is 18.3 Å². The maximum Gasteiger partial charge on any atom is 0.272 e. The van der Waals surface area contributed by atoms with Crippen molar-refractivity contribution in [2.75, 3.05) is 19.6 Å². The zero-order valence-corrected chi connectivity index (χ0v) is 11.8. The molecule has 2 heterocycles. The van der Waals surface area contributed by atoms with Crippen LogP contribution >= 0.6 is 12.4 Å². The number of nitrogens with zero attached hydrogens (tertiary/aromatic N) is 3. The van der Waals surface area contributed by atoms with E-state index < -0.39 is 0 Å². The predicted octanol–water partition coefficient (Wildman–Crippen LogP) is 1.21. The van der Waals surface area contributed by atoms with E-state index >= 15 is 0 Å². The quantitative estimate of drug-likeness (QED) is 0.886. The minimum atomic E-state index is 0. The zero-order chi connectivity index (χ0) is 12.5. The Hall–Kier alpha value is -1.20. The monoisotopic (exact) mass is 282 g/mol. The maximum atomic E-state index is 12.4. The van der Waals surface area contributed by atoms with Gasteiger partial charge in [-0.15, -0.1) is 12.4 Å². The van der Waals surface area contributed by atoms with Crippen LogP contribution in [0.15, 0.2) is 12.3 Å². The second kappa shape index (κ2) is 5.84. The molecule has 1 amide bonds. The smallest absolute Gasteiger partial charge is 0.272 e. The van der Waals surface area contributed by atoms with Gasteiger partial charge in [0.15, 0.2) is 0 Å². The molecule has 6 heteroatoms. The van der Waals surface area contributed by atoms with E-state index in [9.17, 15) is 4.79 Å². The summed E-state index contributed by atoms with van der Waals surface area (Å²) in [4.78, 5) is 23.0. The molecule has 1 unspecified atom stereocenters. The zero-order valence-electron chi connectivity index (χ0n) is 11.0. The molecule has 1 aliphatic carbocycles. The molecule has 1 saturated heterocycles. The van der Waals surface area contributed by atoms with Crippen LogP contribution in [0.25, 0.3) is 0 Å². The molecule has 1 atom stereocenters. The number of nitrogens with one attached hydrogen (secondary N) is 1. The topological polar surface area (TPSA) is 58.1 Å². The van der Waals surface area contributed by atoms with E-state index in [0.29, 0.717) is 11.6 Å². The maximum absolute atomic E-state index is 12.4. The van der Waals surface area contributed by atoms with Crippen LogP contribution in [-0.2, 0) is 0 Å². The number of hydrogen-bond acceptors (Lipinski definition) is 4. The lowest BCUT2D eigenvalue weighted by Gasteiger charge is -2.33. The Balaban J connectivity index is 0.00000133. The third-order valence-corrected chi connectivity index (χ3v) is 3.60. The van der Waals surface area contributed by atoms with Crippen molar-refractivity contribution in [2.45, 2.75) is 31.7 Å². The largest absolute Gasteiger partial charge is 0.332 e. The molecule has 2 fully saturated rings. The average Bonchev–Trinajstić information content (AvgIpc) is 3.23. The highest BCUT2D eigenvalue weighted by atomic mass is 35.5. The molecule has 1 aromatic rings. The van der Waals surface area contributed by atoms with E-state index in [1.807, 2.05) is 4.90 Å². The van der Waals surface area contributed by atoms with E-state index in [2.05, 4.69) is 22.2 Å². The third kappa shape index (κ3) is 3.04. The van der Waals surface area contributed by atoms with Gasteiger partial charge in [0.2, 0.25) is 0 Å². The molecule has 0 aromatic carbocycles. The summed E-state index contributed by atoms with van der Waals surface area (Å²) in [5.41, 5.74) is 0.542. The van der Waals surface area contributed by atoms with E-state index in [4.69, 9.17) is 0 Å². The van der Waals surface area contributed by atoms with Crippen molar-refractivity contribution in [1.82, 2.24) is 20.2 Å². The van der Waals surface area contributed by atoms with Gasteiger partial charge in [0.05, 0.1) is 0 Å². The SMILES string of the molecule is CC1CNCCN1C(=O)c1ccnc(C2CC2)n1.Cl. The van der Waals surface area contributed by atoms with Crippen LogP contribution in [0.2, 0.25) is 0 Å². The predicted molar refractivity (Wildman–Crippen MR) is 74.6 cm³/mol. The summed E-state index contributed by atoms with van der Waals surface area (Å²) >= 11 is 0.